The van der Waals surface area contributed by atoms with Crippen molar-refractivity contribution >= 4 is 5.91 Å². The Labute approximate surface area is 159 Å². The Morgan fingerprint density at radius 3 is 2.92 bits per heavy atom. The molecule has 1 amide bonds. The second kappa shape index (κ2) is 9.38. The van der Waals surface area contributed by atoms with Crippen molar-refractivity contribution in [2.45, 2.75) is 51.7 Å². The molecule has 3 atom stereocenters. The molecule has 1 aromatic heterocycles. The summed E-state index contributed by atoms with van der Waals surface area (Å²) >= 11 is 1.93. The van der Waals surface area contributed by atoms with Crippen LogP contribution in [-0.2, 0) is 36.3 Å². The summed E-state index contributed by atoms with van der Waals surface area (Å²) in [5.74, 6) is -0.239. The van der Waals surface area contributed by atoms with Gasteiger partial charge in [-0.1, -0.05) is 0 Å². The molecule has 0 saturated carbocycles. The predicted molar refractivity (Wildman–Crippen MR) is 86.0 cm³/mol. The van der Waals surface area contributed by atoms with Gasteiger partial charge in [-0.25, -0.2) is 0 Å². The number of rotatable bonds is 8. The van der Waals surface area contributed by atoms with Crippen LogP contribution < -0.4 is 16.6 Å². The van der Waals surface area contributed by atoms with Gasteiger partial charge in [-0.2, -0.15) is 0 Å². The van der Waals surface area contributed by atoms with Gasteiger partial charge in [0.25, 0.3) is 0 Å². The summed E-state index contributed by atoms with van der Waals surface area (Å²) in [6.07, 6.45) is 0.146. The Kier molecular flexibility index (Phi) is 7.48. The summed E-state index contributed by atoms with van der Waals surface area (Å²) < 4.78 is 16.3. The van der Waals surface area contributed by atoms with Crippen LogP contribution in [0.1, 0.15) is 32.1 Å². The Bertz CT molecular complexity index is 761. The van der Waals surface area contributed by atoms with E-state index in [1.807, 2.05) is 31.1 Å². The summed E-state index contributed by atoms with van der Waals surface area (Å²) in [7, 11) is 0. The summed E-state index contributed by atoms with van der Waals surface area (Å²) in [6.45, 7) is 5.29. The fraction of sp³-hybridized carbons (Fsp3) is 0.667. The van der Waals surface area contributed by atoms with Crippen LogP contribution in [0.15, 0.2) is 19.7 Å². The van der Waals surface area contributed by atoms with E-state index in [1.165, 1.54) is 10.8 Å². The normalized spacial score (nSPS) is 22.5. The molecule has 26 heavy (non-hydrogen) atoms. The monoisotopic (exact) mass is 405 g/mol. The SMILES string of the molecule is Cc1cn(C2CC(OCC(=O)NC(C)C)C(CO[N]=[V])O2)c(=O)[nH]c1=O. The number of hydrogen-bond donors (Lipinski definition) is 2. The number of hydrogen-bond acceptors (Lipinski definition) is 7. The van der Waals surface area contributed by atoms with E-state index < -0.39 is 29.7 Å². The van der Waals surface area contributed by atoms with Crippen molar-refractivity contribution in [1.82, 2.24) is 14.9 Å². The number of aryl methyl sites for hydroxylation is 1. The van der Waals surface area contributed by atoms with Crippen molar-refractivity contribution < 1.29 is 36.3 Å². The molecule has 3 unspecified atom stereocenters. The molecule has 1 aromatic rings. The third-order valence-corrected chi connectivity index (χ3v) is 3.99. The van der Waals surface area contributed by atoms with Gasteiger partial charge >= 0.3 is 159 Å². The predicted octanol–water partition coefficient (Wildman–Crippen LogP) is -0.296. The van der Waals surface area contributed by atoms with Crippen molar-refractivity contribution in [2.24, 2.45) is 3.95 Å². The maximum atomic E-state index is 12.1. The van der Waals surface area contributed by atoms with Gasteiger partial charge in [0.1, 0.15) is 0 Å². The third kappa shape index (κ3) is 5.45. The van der Waals surface area contributed by atoms with E-state index in [0.717, 1.165) is 0 Å². The van der Waals surface area contributed by atoms with Crippen LogP contribution in [0.4, 0.5) is 0 Å². The van der Waals surface area contributed by atoms with Crippen LogP contribution in [0.25, 0.3) is 0 Å². The average molecular weight is 405 g/mol. The van der Waals surface area contributed by atoms with Crippen LogP contribution in [0.3, 0.4) is 0 Å². The Morgan fingerprint density at radius 2 is 2.27 bits per heavy atom. The van der Waals surface area contributed by atoms with Gasteiger partial charge in [0.2, 0.25) is 0 Å². The summed E-state index contributed by atoms with van der Waals surface area (Å²) in [6, 6.07) is 0.0113. The zero-order valence-electron chi connectivity index (χ0n) is 14.8. The first-order valence-corrected chi connectivity index (χ1v) is 8.79. The standard InChI is InChI=1S/C15H22N4O6.V/c1-8(2)17-12(20)7-23-10-4-13(25-11(10)6-24-16)19-5-9(3)14(21)18-15(19)22;/h5,8,10-11,13H,4,6-7H2,1-3H3,(H,17,20)(H,18,21,22);. The molecule has 1 saturated heterocycles. The molecule has 0 radical (unpaired) electrons. The molecule has 0 spiro atoms. The van der Waals surface area contributed by atoms with Crippen molar-refractivity contribution in [1.29, 1.82) is 0 Å². The molecule has 2 N–H and O–H groups in total. The topological polar surface area (TPSA) is 124 Å². The van der Waals surface area contributed by atoms with Crippen molar-refractivity contribution in [3.8, 4) is 0 Å². The number of nitrogens with zero attached hydrogens (tertiary/aromatic N) is 2. The number of nitrogens with one attached hydrogen (secondary N) is 2. The van der Waals surface area contributed by atoms with E-state index in [9.17, 15) is 14.4 Å². The minimum absolute atomic E-state index is 0.0113. The van der Waals surface area contributed by atoms with Gasteiger partial charge in [-0.15, -0.1) is 0 Å². The number of H-pyrrole nitrogens is 1. The van der Waals surface area contributed by atoms with E-state index in [0.29, 0.717) is 12.0 Å². The van der Waals surface area contributed by atoms with Crippen LogP contribution >= 0.6 is 0 Å². The van der Waals surface area contributed by atoms with E-state index >= 15 is 0 Å². The Morgan fingerprint density at radius 1 is 1.54 bits per heavy atom. The molecule has 2 rings (SSSR count). The minimum atomic E-state index is -0.642. The van der Waals surface area contributed by atoms with Gasteiger partial charge < -0.3 is 0 Å². The molecular weight excluding hydrogens is 383 g/mol. The average Bonchev–Trinajstić information content (AvgIpc) is 2.96. The molecule has 1 aliphatic rings. The molecule has 2 heterocycles. The number of amides is 1. The fourth-order valence-electron chi connectivity index (χ4n) is 2.65. The third-order valence-electron chi connectivity index (χ3n) is 3.81. The van der Waals surface area contributed by atoms with Gasteiger partial charge in [-0.05, 0) is 0 Å². The van der Waals surface area contributed by atoms with E-state index in [2.05, 4.69) is 14.3 Å². The van der Waals surface area contributed by atoms with Crippen LogP contribution in [-0.4, -0.2) is 46.9 Å². The van der Waals surface area contributed by atoms with Gasteiger partial charge in [0.15, 0.2) is 0 Å². The molecule has 0 aromatic carbocycles. The van der Waals surface area contributed by atoms with Gasteiger partial charge in [-0.3, -0.25) is 0 Å². The molecule has 11 heteroatoms. The van der Waals surface area contributed by atoms with Crippen molar-refractivity contribution in [2.75, 3.05) is 13.2 Å². The number of ether oxygens (including phenoxy) is 2. The van der Waals surface area contributed by atoms with Crippen LogP contribution in [0, 0.1) is 6.92 Å². The molecule has 143 valence electrons. The number of carbonyl (C=O) groups is 1. The molecule has 1 aliphatic heterocycles. The zero-order chi connectivity index (χ0) is 19.3. The van der Waals surface area contributed by atoms with Crippen LogP contribution in [0.2, 0.25) is 0 Å². The first-order valence-electron chi connectivity index (χ1n) is 8.16. The zero-order valence-corrected chi connectivity index (χ0v) is 16.2. The number of carbonyl (C=O) groups excluding carboxylic acids is 1. The van der Waals surface area contributed by atoms with E-state index in [-0.39, 0.29) is 25.2 Å². The second-order valence-corrected chi connectivity index (χ2v) is 6.55. The number of aromatic nitrogens is 2. The van der Waals surface area contributed by atoms with Gasteiger partial charge in [0, 0.05) is 0 Å². The molecule has 10 nitrogen and oxygen atoms in total. The van der Waals surface area contributed by atoms with Crippen molar-refractivity contribution in [3.05, 3.63) is 32.6 Å². The quantitative estimate of drug-likeness (QED) is 0.573. The van der Waals surface area contributed by atoms with Crippen LogP contribution in [0.5, 0.6) is 0 Å². The van der Waals surface area contributed by atoms with Gasteiger partial charge in [0.05, 0.1) is 0 Å². The molecule has 0 aliphatic carbocycles. The fourth-order valence-corrected chi connectivity index (χ4v) is 2.75. The first kappa shape index (κ1) is 20.7. The van der Waals surface area contributed by atoms with E-state index in [4.69, 9.17) is 14.3 Å². The second-order valence-electron chi connectivity index (χ2n) is 6.29. The summed E-state index contributed by atoms with van der Waals surface area (Å²) in [4.78, 5) is 42.7. The first-order chi connectivity index (χ1) is 12.3. The number of aromatic amines is 1. The van der Waals surface area contributed by atoms with Crippen molar-refractivity contribution in [3.63, 3.8) is 0 Å². The summed E-state index contributed by atoms with van der Waals surface area (Å²) in [5, 5.41) is 2.74. The maximum absolute atomic E-state index is 12.1. The summed E-state index contributed by atoms with van der Waals surface area (Å²) in [5.41, 5.74) is -0.618. The molecule has 1 fully saturated rings. The Balaban J connectivity index is 2.11. The molecular formula is C15H22N4O6V. The molecule has 0 bridgehead atoms. The Hall–Kier alpha value is -1.59. The van der Waals surface area contributed by atoms with E-state index in [1.54, 1.807) is 6.92 Å².